The summed E-state index contributed by atoms with van der Waals surface area (Å²) in [6.45, 7) is 0.508. The first-order valence-electron chi connectivity index (χ1n) is 10.00. The molecule has 160 valence electrons. The maximum absolute atomic E-state index is 12.6. The molecule has 0 bridgehead atoms. The van der Waals surface area contributed by atoms with Gasteiger partial charge in [-0.05, 0) is 93.0 Å². The van der Waals surface area contributed by atoms with Crippen LogP contribution >= 0.6 is 22.6 Å². The van der Waals surface area contributed by atoms with Crippen molar-refractivity contribution in [1.29, 1.82) is 0 Å². The average Bonchev–Trinajstić information content (AvgIpc) is 2.83. The van der Waals surface area contributed by atoms with Crippen molar-refractivity contribution in [3.8, 4) is 11.5 Å². The van der Waals surface area contributed by atoms with Crippen LogP contribution in [0.3, 0.4) is 0 Å². The van der Waals surface area contributed by atoms with E-state index in [0.717, 1.165) is 27.6 Å². The molecule has 0 saturated heterocycles. The van der Waals surface area contributed by atoms with Gasteiger partial charge in [-0.15, -0.1) is 0 Å². The van der Waals surface area contributed by atoms with E-state index in [1.165, 1.54) is 3.57 Å². The molecular weight excluding hydrogens is 515 g/mol. The van der Waals surface area contributed by atoms with Crippen LogP contribution in [0.1, 0.15) is 21.5 Å². The molecule has 5 nitrogen and oxygen atoms in total. The second kappa shape index (κ2) is 10.3. The Morgan fingerprint density at radius 2 is 1.66 bits per heavy atom. The van der Waals surface area contributed by atoms with Gasteiger partial charge in [0.25, 0.3) is 5.91 Å². The minimum absolute atomic E-state index is 0.332. The summed E-state index contributed by atoms with van der Waals surface area (Å²) in [7, 11) is 1.55. The van der Waals surface area contributed by atoms with E-state index in [1.807, 2.05) is 54.6 Å². The number of rotatable bonds is 7. The Labute approximate surface area is 200 Å². The summed E-state index contributed by atoms with van der Waals surface area (Å²) >= 11 is 2.28. The molecule has 0 heterocycles. The second-order valence-electron chi connectivity index (χ2n) is 7.08. The number of halogens is 1. The lowest BCUT2D eigenvalue weighted by Gasteiger charge is -2.09. The molecule has 0 atom stereocenters. The molecule has 0 aliphatic rings. The second-order valence-corrected chi connectivity index (χ2v) is 8.33. The lowest BCUT2D eigenvalue weighted by atomic mass is 10.1. The number of benzene rings is 4. The van der Waals surface area contributed by atoms with E-state index in [2.05, 4.69) is 57.4 Å². The molecule has 1 amide bonds. The Bertz CT molecular complexity index is 1250. The Hall–Kier alpha value is -3.39. The highest BCUT2D eigenvalue weighted by Gasteiger charge is 2.13. The van der Waals surface area contributed by atoms with E-state index in [0.29, 0.717) is 17.9 Å². The van der Waals surface area contributed by atoms with Crippen molar-refractivity contribution >= 4 is 45.5 Å². The van der Waals surface area contributed by atoms with Gasteiger partial charge in [0.05, 0.1) is 18.9 Å². The monoisotopic (exact) mass is 536 g/mol. The van der Waals surface area contributed by atoms with Crippen LogP contribution in [0.4, 0.5) is 0 Å². The van der Waals surface area contributed by atoms with E-state index >= 15 is 0 Å². The number of nitrogens with one attached hydrogen (secondary N) is 1. The lowest BCUT2D eigenvalue weighted by molar-refractivity contribution is 0.0952. The highest BCUT2D eigenvalue weighted by Crippen LogP contribution is 2.26. The maximum Gasteiger partial charge on any atom is 0.275 e. The minimum atomic E-state index is -0.332. The molecular formula is C26H21IN2O3. The van der Waals surface area contributed by atoms with Crippen LogP contribution in [0.15, 0.2) is 90.0 Å². The smallest absolute Gasteiger partial charge is 0.275 e. The van der Waals surface area contributed by atoms with Gasteiger partial charge in [0.1, 0.15) is 18.1 Å². The van der Waals surface area contributed by atoms with Gasteiger partial charge in [-0.2, -0.15) is 5.10 Å². The number of amides is 1. The minimum Gasteiger partial charge on any atom is -0.496 e. The van der Waals surface area contributed by atoms with Crippen LogP contribution in [0, 0.1) is 3.57 Å². The molecule has 0 saturated carbocycles. The van der Waals surface area contributed by atoms with Gasteiger partial charge in [-0.1, -0.05) is 36.4 Å². The molecule has 1 N–H and O–H groups in total. The molecule has 0 aromatic heterocycles. The van der Waals surface area contributed by atoms with Gasteiger partial charge >= 0.3 is 0 Å². The van der Waals surface area contributed by atoms with Crippen molar-refractivity contribution in [2.45, 2.75) is 6.61 Å². The Morgan fingerprint density at radius 3 is 2.34 bits per heavy atom. The number of hydrogen-bond acceptors (Lipinski definition) is 4. The number of fused-ring (bicyclic) bond motifs is 1. The number of hydrogen-bond donors (Lipinski definition) is 1. The Balaban J connectivity index is 1.37. The van der Waals surface area contributed by atoms with Crippen LogP contribution in [-0.4, -0.2) is 19.2 Å². The van der Waals surface area contributed by atoms with Gasteiger partial charge in [-0.25, -0.2) is 5.43 Å². The highest BCUT2D eigenvalue weighted by molar-refractivity contribution is 14.1. The number of nitrogens with zero attached hydrogens (tertiary/aromatic N) is 1. The maximum atomic E-state index is 12.6. The molecule has 0 unspecified atom stereocenters. The van der Waals surface area contributed by atoms with Gasteiger partial charge < -0.3 is 9.47 Å². The highest BCUT2D eigenvalue weighted by atomic mass is 127. The fourth-order valence-electron chi connectivity index (χ4n) is 3.19. The normalized spacial score (nSPS) is 10.9. The molecule has 4 rings (SSSR count). The van der Waals surface area contributed by atoms with E-state index in [-0.39, 0.29) is 5.91 Å². The quantitative estimate of drug-likeness (QED) is 0.185. The Morgan fingerprint density at radius 1 is 0.969 bits per heavy atom. The molecule has 4 aromatic carbocycles. The van der Waals surface area contributed by atoms with Gasteiger partial charge in [-0.3, -0.25) is 4.79 Å². The summed E-state index contributed by atoms with van der Waals surface area (Å²) < 4.78 is 12.4. The fourth-order valence-corrected chi connectivity index (χ4v) is 3.55. The molecule has 32 heavy (non-hydrogen) atoms. The van der Waals surface area contributed by atoms with Gasteiger partial charge in [0.15, 0.2) is 0 Å². The number of carbonyl (C=O) groups is 1. The molecule has 0 spiro atoms. The summed E-state index contributed by atoms with van der Waals surface area (Å²) in [5, 5.41) is 6.05. The molecule has 0 radical (unpaired) electrons. The van der Waals surface area contributed by atoms with Crippen molar-refractivity contribution in [3.63, 3.8) is 0 Å². The van der Waals surface area contributed by atoms with Crippen LogP contribution in [0.2, 0.25) is 0 Å². The van der Waals surface area contributed by atoms with E-state index in [9.17, 15) is 4.79 Å². The zero-order chi connectivity index (χ0) is 22.3. The van der Waals surface area contributed by atoms with Crippen molar-refractivity contribution in [2.24, 2.45) is 5.10 Å². The lowest BCUT2D eigenvalue weighted by Crippen LogP contribution is -2.18. The molecule has 6 heteroatoms. The number of hydrazone groups is 1. The molecule has 0 fully saturated rings. The van der Waals surface area contributed by atoms with E-state index < -0.39 is 0 Å². The standard InChI is InChI=1S/C26H21IN2O3/c1-31-25-15-21-5-3-2-4-20(21)14-24(25)26(30)29-28-16-18-8-12-23(13-9-18)32-17-19-6-10-22(27)11-7-19/h2-16H,17H2,1H3,(H,29,30)/b28-16-. The van der Waals surface area contributed by atoms with Gasteiger partial charge in [0, 0.05) is 3.57 Å². The van der Waals surface area contributed by atoms with Gasteiger partial charge in [0.2, 0.25) is 0 Å². The molecule has 0 aliphatic carbocycles. The third-order valence-electron chi connectivity index (χ3n) is 4.89. The summed E-state index contributed by atoms with van der Waals surface area (Å²) in [5.74, 6) is 0.943. The van der Waals surface area contributed by atoms with Crippen LogP contribution in [0.25, 0.3) is 10.8 Å². The van der Waals surface area contributed by atoms with Crippen LogP contribution in [0.5, 0.6) is 11.5 Å². The fraction of sp³-hybridized carbons (Fsp3) is 0.0769. The summed E-state index contributed by atoms with van der Waals surface area (Å²) in [6.07, 6.45) is 1.59. The summed E-state index contributed by atoms with van der Waals surface area (Å²) in [5.41, 5.74) is 4.96. The van der Waals surface area contributed by atoms with Crippen molar-refractivity contribution in [2.75, 3.05) is 7.11 Å². The average molecular weight is 536 g/mol. The SMILES string of the molecule is COc1cc2ccccc2cc1C(=O)N/N=C\c1ccc(OCc2ccc(I)cc2)cc1. The third-order valence-corrected chi connectivity index (χ3v) is 5.61. The van der Waals surface area contributed by atoms with E-state index in [1.54, 1.807) is 19.4 Å². The molecule has 0 aliphatic heterocycles. The zero-order valence-corrected chi connectivity index (χ0v) is 19.6. The Kier molecular flexibility index (Phi) is 7.01. The number of carbonyl (C=O) groups excluding carboxylic acids is 1. The first-order chi connectivity index (χ1) is 15.6. The third kappa shape index (κ3) is 5.45. The summed E-state index contributed by atoms with van der Waals surface area (Å²) in [4.78, 5) is 12.6. The zero-order valence-electron chi connectivity index (χ0n) is 17.4. The van der Waals surface area contributed by atoms with E-state index in [4.69, 9.17) is 9.47 Å². The van der Waals surface area contributed by atoms with Crippen molar-refractivity contribution < 1.29 is 14.3 Å². The summed E-state index contributed by atoms with van der Waals surface area (Å²) in [6, 6.07) is 27.2. The van der Waals surface area contributed by atoms with Crippen LogP contribution in [-0.2, 0) is 6.61 Å². The molecule has 4 aromatic rings. The predicted molar refractivity (Wildman–Crippen MR) is 135 cm³/mol. The first kappa shape index (κ1) is 21.8. The number of methoxy groups -OCH3 is 1. The predicted octanol–water partition coefficient (Wildman–Crippen LogP) is 5.80. The largest absolute Gasteiger partial charge is 0.496 e. The first-order valence-corrected chi connectivity index (χ1v) is 11.1. The van der Waals surface area contributed by atoms with Crippen molar-refractivity contribution in [1.82, 2.24) is 5.43 Å². The topological polar surface area (TPSA) is 59.9 Å². The van der Waals surface area contributed by atoms with Crippen molar-refractivity contribution in [3.05, 3.63) is 105 Å². The number of ether oxygens (including phenoxy) is 2. The van der Waals surface area contributed by atoms with Crippen LogP contribution < -0.4 is 14.9 Å².